The van der Waals surface area contributed by atoms with Crippen molar-refractivity contribution in [3.63, 3.8) is 0 Å². The molecule has 1 aliphatic rings. The van der Waals surface area contributed by atoms with Gasteiger partial charge in [0.05, 0.1) is 31.2 Å². The lowest BCUT2D eigenvalue weighted by Crippen LogP contribution is -3.00. The third-order valence-corrected chi connectivity index (χ3v) is 14.3. The first-order valence-corrected chi connectivity index (χ1v) is 20.3. The summed E-state index contributed by atoms with van der Waals surface area (Å²) in [5.74, 6) is -3.25. The van der Waals surface area contributed by atoms with Gasteiger partial charge in [-0.05, 0) is 56.7 Å². The average Bonchev–Trinajstić information content (AvgIpc) is 3.44. The summed E-state index contributed by atoms with van der Waals surface area (Å²) in [6, 6.07) is 28.4. The van der Waals surface area contributed by atoms with Crippen LogP contribution in [0.3, 0.4) is 0 Å². The fourth-order valence-corrected chi connectivity index (χ4v) is 11.4. The van der Waals surface area contributed by atoms with Crippen LogP contribution in [0.25, 0.3) is 0 Å². The molecule has 1 heterocycles. The van der Waals surface area contributed by atoms with Gasteiger partial charge in [0.2, 0.25) is 23.6 Å². The third-order valence-electron chi connectivity index (χ3n) is 8.55. The van der Waals surface area contributed by atoms with Gasteiger partial charge in [-0.1, -0.05) is 54.6 Å². The van der Waals surface area contributed by atoms with E-state index < -0.39 is 54.9 Å². The second kappa shape index (κ2) is 21.6. The minimum atomic E-state index is -2.31. The zero-order valence-electron chi connectivity index (χ0n) is 29.8. The van der Waals surface area contributed by atoms with E-state index in [2.05, 4.69) is 47.0 Å². The zero-order chi connectivity index (χ0) is 37.5. The van der Waals surface area contributed by atoms with Crippen LogP contribution in [0.2, 0.25) is 0 Å². The molecule has 3 aromatic carbocycles. The van der Waals surface area contributed by atoms with Crippen LogP contribution in [0.1, 0.15) is 33.1 Å². The van der Waals surface area contributed by atoms with E-state index in [0.29, 0.717) is 6.16 Å². The summed E-state index contributed by atoms with van der Waals surface area (Å²) in [5.41, 5.74) is 5.82. The molecule has 1 fully saturated rings. The molecule has 3 atom stereocenters. The van der Waals surface area contributed by atoms with E-state index in [0.717, 1.165) is 27.7 Å². The molecule has 1 unspecified atom stereocenters. The number of ether oxygens (including phenoxy) is 2. The van der Waals surface area contributed by atoms with Crippen LogP contribution >= 0.6 is 19.0 Å². The van der Waals surface area contributed by atoms with E-state index >= 15 is 0 Å². The van der Waals surface area contributed by atoms with Crippen LogP contribution in [-0.4, -0.2) is 96.0 Å². The van der Waals surface area contributed by atoms with Gasteiger partial charge in [0.15, 0.2) is 0 Å². The first kappa shape index (κ1) is 43.3. The van der Waals surface area contributed by atoms with E-state index in [1.54, 1.807) is 13.8 Å². The Kier molecular flexibility index (Phi) is 17.6. The molecule has 1 saturated heterocycles. The Morgan fingerprint density at radius 1 is 0.868 bits per heavy atom. The van der Waals surface area contributed by atoms with Crippen molar-refractivity contribution >= 4 is 70.5 Å². The molecule has 0 aliphatic carbocycles. The Labute approximate surface area is 325 Å². The van der Waals surface area contributed by atoms with Gasteiger partial charge >= 0.3 is 11.9 Å². The highest BCUT2D eigenvalue weighted by atomic mass is 79.9. The highest BCUT2D eigenvalue weighted by Gasteiger charge is 2.48. The smallest absolute Gasteiger partial charge is 0.325 e. The summed E-state index contributed by atoms with van der Waals surface area (Å²) >= 11 is 1.09. The van der Waals surface area contributed by atoms with E-state index in [1.165, 1.54) is 4.90 Å². The standard InChI is InChI=1S/C38H45N4O8PS.BrH/c1-3-49-35(45)25-40-36(46)31(41-33(43)21-20-30(39)38(48)50-4-2)26-52-32-24-34(44)42(37(32)47)22-23-51(27-14-8-5-9-15-27,28-16-10-6-11-17-28)29-18-12-7-13-19-29;/h5-19,30-32H,3-4,20-26,39H2,1-2H3,(H-,40,41,43,46);1H/t30-,31-,32?;/m0./s1. The molecular formula is C38H46BrN4O8PS. The van der Waals surface area contributed by atoms with E-state index in [9.17, 15) is 28.8 Å². The van der Waals surface area contributed by atoms with Crippen molar-refractivity contribution in [2.75, 3.05) is 38.2 Å². The number of amides is 4. The molecule has 12 nitrogen and oxygen atoms in total. The molecule has 4 N–H and O–H groups in total. The topological polar surface area (TPSA) is 174 Å². The number of carbonyl (C=O) groups is 6. The molecule has 4 amide bonds. The number of esters is 2. The first-order chi connectivity index (χ1) is 25.1. The minimum absolute atomic E-state index is 0. The molecule has 3 aromatic rings. The van der Waals surface area contributed by atoms with Gasteiger partial charge in [-0.2, -0.15) is 0 Å². The number of hydrogen-bond acceptors (Lipinski definition) is 10. The average molecular weight is 830 g/mol. The molecule has 0 saturated carbocycles. The number of nitrogens with one attached hydrogen (secondary N) is 2. The number of nitrogens with two attached hydrogens (primary N) is 1. The highest BCUT2D eigenvalue weighted by molar-refractivity contribution is 8.00. The lowest BCUT2D eigenvalue weighted by atomic mass is 10.1. The number of halogens is 1. The SMILES string of the molecule is CCOC(=O)CNC(=O)[C@H](CSC1CC(=O)N(CC[P+](c2ccccc2)(c2ccccc2)c2ccccc2)C1=O)NC(=O)CC[C@H](N)C(=O)OCC.[Br-]. The maximum absolute atomic E-state index is 13.8. The Morgan fingerprint density at radius 3 is 1.91 bits per heavy atom. The van der Waals surface area contributed by atoms with Crippen LogP contribution < -0.4 is 49.3 Å². The van der Waals surface area contributed by atoms with Crippen molar-refractivity contribution in [1.82, 2.24) is 15.5 Å². The fraction of sp³-hybridized carbons (Fsp3) is 0.368. The summed E-state index contributed by atoms with van der Waals surface area (Å²) < 4.78 is 9.77. The Bertz CT molecular complexity index is 1590. The zero-order valence-corrected chi connectivity index (χ0v) is 33.1. The molecule has 0 radical (unpaired) electrons. The maximum atomic E-state index is 13.8. The second-order valence-electron chi connectivity index (χ2n) is 12.0. The van der Waals surface area contributed by atoms with Gasteiger partial charge in [-0.3, -0.25) is 33.7 Å². The van der Waals surface area contributed by atoms with Crippen LogP contribution in [0.4, 0.5) is 0 Å². The minimum Gasteiger partial charge on any atom is -1.00 e. The van der Waals surface area contributed by atoms with Crippen LogP contribution in [0.15, 0.2) is 91.0 Å². The highest BCUT2D eigenvalue weighted by Crippen LogP contribution is 2.55. The van der Waals surface area contributed by atoms with Gasteiger partial charge in [0, 0.05) is 18.6 Å². The van der Waals surface area contributed by atoms with E-state index in [-0.39, 0.29) is 73.6 Å². The molecule has 0 spiro atoms. The lowest BCUT2D eigenvalue weighted by Gasteiger charge is -2.29. The number of hydrogen-bond donors (Lipinski definition) is 3. The largest absolute Gasteiger partial charge is 1.00 e. The molecule has 0 bridgehead atoms. The lowest BCUT2D eigenvalue weighted by molar-refractivity contribution is -0.145. The van der Waals surface area contributed by atoms with Crippen molar-refractivity contribution in [2.24, 2.45) is 5.73 Å². The number of thioether (sulfide) groups is 1. The predicted octanol–water partition coefficient (Wildman–Crippen LogP) is -1.32. The molecular weight excluding hydrogens is 783 g/mol. The quantitative estimate of drug-likeness (QED) is 0.0748. The van der Waals surface area contributed by atoms with Crippen LogP contribution in [0.5, 0.6) is 0 Å². The maximum Gasteiger partial charge on any atom is 0.325 e. The number of nitrogens with zero attached hydrogens (tertiary/aromatic N) is 1. The Hall–Kier alpha value is -4.10. The molecule has 284 valence electrons. The van der Waals surface area contributed by atoms with Crippen molar-refractivity contribution in [3.05, 3.63) is 91.0 Å². The van der Waals surface area contributed by atoms with E-state index in [4.69, 9.17) is 15.2 Å². The summed E-state index contributed by atoms with van der Waals surface area (Å²) in [5, 5.41) is 7.70. The Morgan fingerprint density at radius 2 is 1.40 bits per heavy atom. The second-order valence-corrected chi connectivity index (χ2v) is 16.8. The normalized spacial score (nSPS) is 15.2. The van der Waals surface area contributed by atoms with Gasteiger partial charge in [-0.15, -0.1) is 11.8 Å². The third kappa shape index (κ3) is 11.7. The molecule has 0 aromatic heterocycles. The number of rotatable bonds is 19. The van der Waals surface area contributed by atoms with Gasteiger partial charge < -0.3 is 42.8 Å². The molecule has 4 rings (SSSR count). The first-order valence-electron chi connectivity index (χ1n) is 17.3. The van der Waals surface area contributed by atoms with Crippen LogP contribution in [-0.2, 0) is 38.2 Å². The number of carbonyl (C=O) groups excluding carboxylic acids is 6. The summed E-state index contributed by atoms with van der Waals surface area (Å²) in [4.78, 5) is 78.3. The number of benzene rings is 3. The fourth-order valence-electron chi connectivity index (χ4n) is 5.96. The molecule has 15 heteroatoms. The van der Waals surface area contributed by atoms with Crippen molar-refractivity contribution < 1.29 is 55.2 Å². The summed E-state index contributed by atoms with van der Waals surface area (Å²) in [6.45, 7) is 3.34. The number of likely N-dealkylation sites (tertiary alicyclic amines) is 1. The van der Waals surface area contributed by atoms with Gasteiger partial charge in [0.1, 0.15) is 41.8 Å². The van der Waals surface area contributed by atoms with Crippen molar-refractivity contribution in [3.8, 4) is 0 Å². The van der Waals surface area contributed by atoms with Crippen molar-refractivity contribution in [1.29, 1.82) is 0 Å². The summed E-state index contributed by atoms with van der Waals surface area (Å²) in [6.07, 6.45) is 0.286. The van der Waals surface area contributed by atoms with Crippen molar-refractivity contribution in [2.45, 2.75) is 50.4 Å². The molecule has 53 heavy (non-hydrogen) atoms. The number of imide groups is 1. The summed E-state index contributed by atoms with van der Waals surface area (Å²) in [7, 11) is -2.31. The van der Waals surface area contributed by atoms with E-state index in [1.807, 2.05) is 54.6 Å². The van der Waals surface area contributed by atoms with Crippen LogP contribution in [0, 0.1) is 0 Å². The Balaban J connectivity index is 0.00000756. The predicted molar refractivity (Wildman–Crippen MR) is 203 cm³/mol. The van der Waals surface area contributed by atoms with Gasteiger partial charge in [-0.25, -0.2) is 0 Å². The van der Waals surface area contributed by atoms with Gasteiger partial charge in [0.25, 0.3) is 0 Å². The monoisotopic (exact) mass is 828 g/mol. The molecule has 1 aliphatic heterocycles.